The maximum Gasteiger partial charge on any atom is 0.330 e. The zero-order chi connectivity index (χ0) is 35.0. The molecule has 0 amide bonds. The largest absolute Gasteiger partial charge is 0.490 e. The van der Waals surface area contributed by atoms with E-state index in [-0.39, 0.29) is 37.9 Å². The van der Waals surface area contributed by atoms with E-state index in [9.17, 15) is 14.0 Å². The molecule has 0 aliphatic carbocycles. The number of esters is 2. The van der Waals surface area contributed by atoms with Crippen LogP contribution in [0.2, 0.25) is 0 Å². The number of carbonyl (C=O) groups excluding carboxylic acids is 2. The highest BCUT2D eigenvalue weighted by molar-refractivity contribution is 5.81. The molecule has 0 bridgehead atoms. The van der Waals surface area contributed by atoms with Gasteiger partial charge in [-0.05, 0) is 97.8 Å². The Kier molecular flexibility index (Phi) is 13.1. The van der Waals surface area contributed by atoms with E-state index < -0.39 is 17.8 Å². The number of ether oxygens (including phenoxy) is 4. The molecule has 0 aromatic heterocycles. The number of rotatable bonds is 16. The molecule has 0 aliphatic heterocycles. The number of benzene rings is 4. The lowest BCUT2D eigenvalue weighted by molar-refractivity contribution is -0.139. The summed E-state index contributed by atoms with van der Waals surface area (Å²) in [5.74, 6) is -0.791. The number of nitrogens with zero attached hydrogens (tertiary/aromatic N) is 6. The van der Waals surface area contributed by atoms with Crippen molar-refractivity contribution in [2.75, 3.05) is 26.4 Å². The van der Waals surface area contributed by atoms with Gasteiger partial charge >= 0.3 is 11.9 Å². The van der Waals surface area contributed by atoms with Crippen LogP contribution in [-0.2, 0) is 19.1 Å². The molecule has 12 nitrogen and oxygen atoms in total. The first-order valence-corrected chi connectivity index (χ1v) is 14.9. The lowest BCUT2D eigenvalue weighted by Crippen LogP contribution is -2.10. The maximum atomic E-state index is 14.5. The molecule has 4 aromatic rings. The second kappa shape index (κ2) is 18.1. The highest BCUT2D eigenvalue weighted by atomic mass is 19.1. The minimum absolute atomic E-state index is 0.0118. The summed E-state index contributed by atoms with van der Waals surface area (Å²) in [6.07, 6.45) is 2.15. The first-order valence-electron chi connectivity index (χ1n) is 14.9. The van der Waals surface area contributed by atoms with Gasteiger partial charge in [0.1, 0.15) is 43.6 Å². The monoisotopic (exact) mass is 664 g/mol. The van der Waals surface area contributed by atoms with Crippen molar-refractivity contribution in [2.24, 2.45) is 30.7 Å². The van der Waals surface area contributed by atoms with Crippen LogP contribution in [0.1, 0.15) is 11.1 Å². The molecular formula is C36H33FN6O6. The molecule has 4 rings (SSSR count). The maximum absolute atomic E-state index is 14.5. The quantitative estimate of drug-likeness (QED) is 0.0504. The number of carbonyl (C=O) groups is 2. The lowest BCUT2D eigenvalue weighted by atomic mass is 10.2. The Labute approximate surface area is 282 Å². The summed E-state index contributed by atoms with van der Waals surface area (Å²) in [5.41, 5.74) is 4.81. The number of hydrogen-bond acceptors (Lipinski definition) is 12. The molecular weight excluding hydrogens is 631 g/mol. The van der Waals surface area contributed by atoms with Crippen molar-refractivity contribution >= 4 is 46.1 Å². The van der Waals surface area contributed by atoms with Gasteiger partial charge in [0, 0.05) is 18.2 Å². The summed E-state index contributed by atoms with van der Waals surface area (Å²) < 4.78 is 35.1. The fourth-order valence-corrected chi connectivity index (χ4v) is 3.95. The van der Waals surface area contributed by atoms with Crippen molar-refractivity contribution in [3.05, 3.63) is 121 Å². The lowest BCUT2D eigenvalue weighted by Gasteiger charge is -2.07. The average molecular weight is 665 g/mol. The normalized spacial score (nSPS) is 11.2. The molecule has 49 heavy (non-hydrogen) atoms. The van der Waals surface area contributed by atoms with E-state index in [4.69, 9.17) is 18.9 Å². The Morgan fingerprint density at radius 3 is 1.51 bits per heavy atom. The highest BCUT2D eigenvalue weighted by Crippen LogP contribution is 2.31. The molecule has 0 N–H and O–H groups in total. The second-order valence-corrected chi connectivity index (χ2v) is 10.1. The first-order chi connectivity index (χ1) is 23.7. The Balaban J connectivity index is 1.30. The van der Waals surface area contributed by atoms with E-state index in [1.165, 1.54) is 12.1 Å². The Morgan fingerprint density at radius 1 is 0.571 bits per heavy atom. The standard InChI is InChI=1S/C36H33FN6O6/c1-5-35(44)48-19-17-46-29-11-7-26(8-12-29)38-39-27-9-14-32(24(3)21-27)41-42-33-15-10-28(22-25(33)4)40-43-34-16-13-30(23-31(34)37)47-18-20-49-36(45)6-2/h5-16,21-23H,1-2,17-20H2,3-4H3. The van der Waals surface area contributed by atoms with Crippen LogP contribution < -0.4 is 9.47 Å². The van der Waals surface area contributed by atoms with Crippen LogP contribution in [-0.4, -0.2) is 38.4 Å². The number of halogens is 1. The van der Waals surface area contributed by atoms with E-state index in [1.807, 2.05) is 26.0 Å². The molecule has 0 radical (unpaired) electrons. The van der Waals surface area contributed by atoms with Gasteiger partial charge in [0.2, 0.25) is 0 Å². The van der Waals surface area contributed by atoms with Gasteiger partial charge in [-0.25, -0.2) is 14.0 Å². The molecule has 4 aromatic carbocycles. The van der Waals surface area contributed by atoms with Crippen LogP contribution in [0.3, 0.4) is 0 Å². The summed E-state index contributed by atoms with van der Waals surface area (Å²) in [6.45, 7) is 10.8. The van der Waals surface area contributed by atoms with E-state index in [0.29, 0.717) is 34.2 Å². The molecule has 0 saturated carbocycles. The second-order valence-electron chi connectivity index (χ2n) is 10.1. The van der Waals surface area contributed by atoms with Crippen molar-refractivity contribution in [1.29, 1.82) is 0 Å². The van der Waals surface area contributed by atoms with Crippen LogP contribution in [0.4, 0.5) is 38.5 Å². The molecule has 0 heterocycles. The number of azo groups is 3. The fourth-order valence-electron chi connectivity index (χ4n) is 3.95. The van der Waals surface area contributed by atoms with Gasteiger partial charge < -0.3 is 18.9 Å². The van der Waals surface area contributed by atoms with Crippen molar-refractivity contribution < 1.29 is 32.9 Å². The van der Waals surface area contributed by atoms with Gasteiger partial charge in [-0.15, -0.1) is 5.11 Å². The van der Waals surface area contributed by atoms with Gasteiger partial charge in [-0.3, -0.25) is 0 Å². The number of aryl methyl sites for hydroxylation is 2. The van der Waals surface area contributed by atoms with Gasteiger partial charge in [-0.1, -0.05) is 13.2 Å². The Morgan fingerprint density at radius 2 is 1.00 bits per heavy atom. The third kappa shape index (κ3) is 11.4. The molecule has 13 heteroatoms. The molecule has 0 saturated heterocycles. The molecule has 0 unspecified atom stereocenters. The molecule has 0 fully saturated rings. The van der Waals surface area contributed by atoms with E-state index >= 15 is 0 Å². The molecule has 250 valence electrons. The molecule has 0 aliphatic rings. The predicted molar refractivity (Wildman–Crippen MR) is 181 cm³/mol. The summed E-state index contributed by atoms with van der Waals surface area (Å²) in [7, 11) is 0. The SMILES string of the molecule is C=CC(=O)OCCOc1ccc(N=Nc2ccc(N=Nc3ccc(N=Nc4ccc(OCCOC(=O)C=C)cc4F)cc3C)c(C)c2)cc1. The zero-order valence-electron chi connectivity index (χ0n) is 26.9. The van der Waals surface area contributed by atoms with Gasteiger partial charge in [-0.2, -0.15) is 25.6 Å². The summed E-state index contributed by atoms with van der Waals surface area (Å²) in [6, 6.07) is 21.9. The number of hydrogen-bond donors (Lipinski definition) is 0. The van der Waals surface area contributed by atoms with Gasteiger partial charge in [0.15, 0.2) is 5.82 Å². The third-order valence-corrected chi connectivity index (χ3v) is 6.46. The predicted octanol–water partition coefficient (Wildman–Crippen LogP) is 9.90. The smallest absolute Gasteiger partial charge is 0.330 e. The Bertz CT molecular complexity index is 1890. The first kappa shape index (κ1) is 35.5. The van der Waals surface area contributed by atoms with Gasteiger partial charge in [0.25, 0.3) is 0 Å². The highest BCUT2D eigenvalue weighted by Gasteiger charge is 2.06. The minimum Gasteiger partial charge on any atom is -0.490 e. The van der Waals surface area contributed by atoms with Crippen molar-refractivity contribution in [3.63, 3.8) is 0 Å². The molecule has 0 atom stereocenters. The minimum atomic E-state index is -0.614. The Hall–Kier alpha value is -6.37. The van der Waals surface area contributed by atoms with Crippen LogP contribution in [0, 0.1) is 19.7 Å². The van der Waals surface area contributed by atoms with Crippen molar-refractivity contribution in [2.45, 2.75) is 13.8 Å². The fraction of sp³-hybridized carbons (Fsp3) is 0.167. The van der Waals surface area contributed by atoms with E-state index in [1.54, 1.807) is 54.6 Å². The van der Waals surface area contributed by atoms with Crippen molar-refractivity contribution in [1.82, 2.24) is 0 Å². The molecule has 0 spiro atoms. The van der Waals surface area contributed by atoms with Crippen LogP contribution >= 0.6 is 0 Å². The third-order valence-electron chi connectivity index (χ3n) is 6.46. The van der Waals surface area contributed by atoms with E-state index in [2.05, 4.69) is 43.8 Å². The van der Waals surface area contributed by atoms with Crippen molar-refractivity contribution in [3.8, 4) is 11.5 Å². The zero-order valence-corrected chi connectivity index (χ0v) is 26.9. The topological polar surface area (TPSA) is 145 Å². The summed E-state index contributed by atoms with van der Waals surface area (Å²) in [5, 5.41) is 25.5. The summed E-state index contributed by atoms with van der Waals surface area (Å²) >= 11 is 0. The average Bonchev–Trinajstić information content (AvgIpc) is 3.11. The van der Waals surface area contributed by atoms with E-state index in [0.717, 1.165) is 23.3 Å². The van der Waals surface area contributed by atoms with Crippen LogP contribution in [0.25, 0.3) is 0 Å². The summed E-state index contributed by atoms with van der Waals surface area (Å²) in [4.78, 5) is 22.1. The van der Waals surface area contributed by atoms with Crippen LogP contribution in [0.5, 0.6) is 11.5 Å². The van der Waals surface area contributed by atoms with Gasteiger partial charge in [0.05, 0.1) is 28.4 Å². The van der Waals surface area contributed by atoms with Crippen LogP contribution in [0.15, 0.2) is 135 Å².